The third kappa shape index (κ3) is 4.11. The zero-order valence-electron chi connectivity index (χ0n) is 24.3. The SMILES string of the molecule is O[C@@]12CC/C=C\CCCCN3CC[C@H](C=C1c1nccc4c1[nH]c1ccccc14)C1(C[C@@H]4/C=C\CCCCN4[C@H]12)C3. The van der Waals surface area contributed by atoms with Crippen LogP contribution in [-0.2, 0) is 0 Å². The Morgan fingerprint density at radius 1 is 0.902 bits per heavy atom. The molecule has 8 rings (SSSR count). The minimum atomic E-state index is -0.974. The van der Waals surface area contributed by atoms with Crippen molar-refractivity contribution in [3.8, 4) is 0 Å². The van der Waals surface area contributed by atoms with Gasteiger partial charge in [0, 0.05) is 46.1 Å². The normalized spacial score (nSPS) is 37.6. The molecule has 5 nitrogen and oxygen atoms in total. The van der Waals surface area contributed by atoms with Crippen LogP contribution in [0.2, 0.25) is 0 Å². The highest BCUT2D eigenvalue weighted by atomic mass is 16.3. The minimum Gasteiger partial charge on any atom is -0.383 e. The number of fused-ring (bicyclic) bond motifs is 5. The number of piperidine rings is 1. The van der Waals surface area contributed by atoms with Gasteiger partial charge in [-0.2, -0.15) is 0 Å². The molecule has 2 aromatic heterocycles. The number of H-pyrrole nitrogens is 1. The molecule has 1 spiro atoms. The number of pyridine rings is 1. The summed E-state index contributed by atoms with van der Waals surface area (Å²) in [4.78, 5) is 14.3. The summed E-state index contributed by atoms with van der Waals surface area (Å²) in [5, 5.41) is 15.9. The van der Waals surface area contributed by atoms with Gasteiger partial charge in [0.15, 0.2) is 0 Å². The summed E-state index contributed by atoms with van der Waals surface area (Å²) in [5.74, 6) is 0.447. The number of nitrogens with zero attached hydrogens (tertiary/aromatic N) is 3. The van der Waals surface area contributed by atoms with E-state index in [4.69, 9.17) is 4.98 Å². The van der Waals surface area contributed by atoms with E-state index in [1.807, 2.05) is 6.20 Å². The van der Waals surface area contributed by atoms with Gasteiger partial charge in [0.25, 0.3) is 0 Å². The molecule has 4 aliphatic heterocycles. The Morgan fingerprint density at radius 3 is 2.71 bits per heavy atom. The Labute approximate surface area is 244 Å². The molecule has 5 heteroatoms. The number of hydrogen-bond acceptors (Lipinski definition) is 4. The van der Waals surface area contributed by atoms with Crippen LogP contribution in [0.3, 0.4) is 0 Å². The Morgan fingerprint density at radius 2 is 1.76 bits per heavy atom. The molecule has 5 aliphatic rings. The summed E-state index contributed by atoms with van der Waals surface area (Å²) in [6, 6.07) is 11.2. The van der Waals surface area contributed by atoms with Crippen molar-refractivity contribution >= 4 is 27.4 Å². The zero-order chi connectivity index (χ0) is 27.4. The molecule has 1 aromatic carbocycles. The lowest BCUT2D eigenvalue weighted by molar-refractivity contribution is -0.0863. The van der Waals surface area contributed by atoms with Crippen molar-refractivity contribution in [1.29, 1.82) is 0 Å². The highest BCUT2D eigenvalue weighted by Gasteiger charge is 2.66. The molecule has 6 heterocycles. The molecular formula is C36H44N4O. The zero-order valence-corrected chi connectivity index (χ0v) is 24.3. The topological polar surface area (TPSA) is 55.4 Å². The molecule has 2 N–H and O–H groups in total. The number of aromatic nitrogens is 2. The molecular weight excluding hydrogens is 504 g/mol. The van der Waals surface area contributed by atoms with Crippen LogP contribution in [0.1, 0.15) is 69.9 Å². The number of aliphatic hydroxyl groups is 1. The maximum atomic E-state index is 13.5. The molecule has 3 bridgehead atoms. The first-order valence-electron chi connectivity index (χ1n) is 16.3. The lowest BCUT2D eigenvalue weighted by atomic mass is 9.55. The Bertz CT molecular complexity index is 1530. The van der Waals surface area contributed by atoms with E-state index in [0.717, 1.165) is 67.6 Å². The van der Waals surface area contributed by atoms with Gasteiger partial charge in [0.05, 0.1) is 17.3 Å². The largest absolute Gasteiger partial charge is 0.383 e. The van der Waals surface area contributed by atoms with Gasteiger partial charge < -0.3 is 15.0 Å². The van der Waals surface area contributed by atoms with E-state index in [-0.39, 0.29) is 11.5 Å². The summed E-state index contributed by atoms with van der Waals surface area (Å²) in [5.41, 5.74) is 3.31. The van der Waals surface area contributed by atoms with Crippen LogP contribution in [0.4, 0.5) is 0 Å². The number of nitrogens with one attached hydrogen (secondary N) is 1. The molecule has 3 aromatic rings. The molecule has 0 saturated carbocycles. The van der Waals surface area contributed by atoms with Crippen molar-refractivity contribution in [2.24, 2.45) is 11.3 Å². The van der Waals surface area contributed by atoms with E-state index >= 15 is 0 Å². The third-order valence-corrected chi connectivity index (χ3v) is 11.2. The predicted octanol–water partition coefficient (Wildman–Crippen LogP) is 6.86. The Kier molecular flexibility index (Phi) is 6.46. The predicted molar refractivity (Wildman–Crippen MR) is 168 cm³/mol. The summed E-state index contributed by atoms with van der Waals surface area (Å²) >= 11 is 0. The van der Waals surface area contributed by atoms with E-state index < -0.39 is 5.60 Å². The first-order chi connectivity index (χ1) is 20.2. The van der Waals surface area contributed by atoms with Gasteiger partial charge in [-0.15, -0.1) is 0 Å². The molecule has 2 unspecified atom stereocenters. The molecule has 6 atom stereocenters. The van der Waals surface area contributed by atoms with Crippen LogP contribution >= 0.6 is 0 Å². The van der Waals surface area contributed by atoms with E-state index in [1.165, 1.54) is 55.8 Å². The lowest BCUT2D eigenvalue weighted by Crippen LogP contribution is -2.66. The van der Waals surface area contributed by atoms with E-state index in [2.05, 4.69) is 75.5 Å². The summed E-state index contributed by atoms with van der Waals surface area (Å²) < 4.78 is 0. The van der Waals surface area contributed by atoms with Gasteiger partial charge in [-0.3, -0.25) is 9.88 Å². The summed E-state index contributed by atoms with van der Waals surface area (Å²) in [7, 11) is 0. The molecule has 2 fully saturated rings. The Hall–Kier alpha value is -2.73. The smallest absolute Gasteiger partial charge is 0.108 e. The van der Waals surface area contributed by atoms with Crippen LogP contribution < -0.4 is 0 Å². The maximum Gasteiger partial charge on any atom is 0.108 e. The van der Waals surface area contributed by atoms with Crippen molar-refractivity contribution in [1.82, 2.24) is 19.8 Å². The number of rotatable bonds is 1. The molecule has 0 radical (unpaired) electrons. The van der Waals surface area contributed by atoms with Crippen molar-refractivity contribution in [3.05, 3.63) is 72.6 Å². The standard InChI is InChI=1S/C36H44N4O/c41-36-18-10-4-1-2-5-11-20-39-22-17-26(35(25-39)24-27-13-7-3-6-12-21-40(27)34(35)36)23-30(36)33-32-29(16-19-37-33)28-14-8-9-15-31(28)38-32/h1,4,7-9,13-16,19,23,26-27,34,38,41H,2-3,5-6,10-12,17-18,20-22,24-25H2/b4-1-,13-7-/t26-,27+,34-,35?,36+/m1/s1. The van der Waals surface area contributed by atoms with Crippen molar-refractivity contribution in [2.45, 2.75) is 81.9 Å². The van der Waals surface area contributed by atoms with Gasteiger partial charge in [0.2, 0.25) is 0 Å². The summed E-state index contributed by atoms with van der Waals surface area (Å²) in [6.45, 7) is 4.51. The van der Waals surface area contributed by atoms with Gasteiger partial charge in [0.1, 0.15) is 5.60 Å². The van der Waals surface area contributed by atoms with Gasteiger partial charge in [-0.05, 0) is 102 Å². The average molecular weight is 549 g/mol. The first kappa shape index (κ1) is 25.9. The van der Waals surface area contributed by atoms with Gasteiger partial charge in [-0.25, -0.2) is 0 Å². The van der Waals surface area contributed by atoms with Gasteiger partial charge >= 0.3 is 0 Å². The molecule has 41 heavy (non-hydrogen) atoms. The van der Waals surface area contributed by atoms with E-state index in [9.17, 15) is 5.11 Å². The molecule has 1 aliphatic carbocycles. The monoisotopic (exact) mass is 548 g/mol. The van der Waals surface area contributed by atoms with Crippen LogP contribution in [0, 0.1) is 11.3 Å². The average Bonchev–Trinajstić information content (AvgIpc) is 3.49. The number of hydrogen-bond donors (Lipinski definition) is 2. The minimum absolute atomic E-state index is 0.0575. The highest BCUT2D eigenvalue weighted by molar-refractivity contribution is 6.10. The van der Waals surface area contributed by atoms with Crippen molar-refractivity contribution < 1.29 is 5.11 Å². The van der Waals surface area contributed by atoms with Crippen LogP contribution in [-0.4, -0.2) is 68.7 Å². The van der Waals surface area contributed by atoms with Crippen molar-refractivity contribution in [3.63, 3.8) is 0 Å². The number of aromatic amines is 1. The summed E-state index contributed by atoms with van der Waals surface area (Å²) in [6.07, 6.45) is 25.3. The quantitative estimate of drug-likeness (QED) is 0.326. The second kappa shape index (κ2) is 10.2. The van der Waals surface area contributed by atoms with Crippen LogP contribution in [0.15, 0.2) is 66.9 Å². The van der Waals surface area contributed by atoms with E-state index in [1.54, 1.807) is 0 Å². The second-order valence-electron chi connectivity index (χ2n) is 13.5. The van der Waals surface area contributed by atoms with Crippen LogP contribution in [0.25, 0.3) is 27.4 Å². The number of benzene rings is 1. The lowest BCUT2D eigenvalue weighted by Gasteiger charge is -2.58. The molecule has 0 amide bonds. The Balaban J connectivity index is 1.35. The van der Waals surface area contributed by atoms with Gasteiger partial charge in [-0.1, -0.05) is 48.6 Å². The molecule has 214 valence electrons. The second-order valence-corrected chi connectivity index (χ2v) is 13.5. The fraction of sp³-hybridized carbons (Fsp3) is 0.528. The molecule has 2 saturated heterocycles. The fourth-order valence-electron chi connectivity index (χ4n) is 9.50. The van der Waals surface area contributed by atoms with E-state index in [0.29, 0.717) is 12.0 Å². The fourth-order valence-corrected chi connectivity index (χ4v) is 9.50. The maximum absolute atomic E-state index is 13.5. The van der Waals surface area contributed by atoms with Crippen LogP contribution in [0.5, 0.6) is 0 Å². The third-order valence-electron chi connectivity index (χ3n) is 11.2. The highest BCUT2D eigenvalue weighted by Crippen LogP contribution is 2.61. The first-order valence-corrected chi connectivity index (χ1v) is 16.3. The number of para-hydroxylation sites is 1. The van der Waals surface area contributed by atoms with Crippen molar-refractivity contribution in [2.75, 3.05) is 26.2 Å². The number of allylic oxidation sites excluding steroid dienone is 4.